The molecule has 0 atom stereocenters. The smallest absolute Gasteiger partial charge is 0.160 e. The maximum Gasteiger partial charge on any atom is 0.160 e. The van der Waals surface area contributed by atoms with Gasteiger partial charge in [0.2, 0.25) is 0 Å². The van der Waals surface area contributed by atoms with E-state index in [1.165, 1.54) is 77.7 Å². The summed E-state index contributed by atoms with van der Waals surface area (Å²) in [7, 11) is 0. The lowest BCUT2D eigenvalue weighted by atomic mass is 9.72. The molecule has 3 aliphatic rings. The van der Waals surface area contributed by atoms with E-state index in [2.05, 4.69) is 282 Å². The van der Waals surface area contributed by atoms with Gasteiger partial charge < -0.3 is 18.6 Å². The fourth-order valence-corrected chi connectivity index (χ4v) is 14.6. The van der Waals surface area contributed by atoms with E-state index < -0.39 is 5.41 Å². The van der Waals surface area contributed by atoms with Gasteiger partial charge in [0.25, 0.3) is 0 Å². The molecule has 0 saturated heterocycles. The van der Waals surface area contributed by atoms with E-state index in [-0.39, 0.29) is 10.8 Å². The quantitative estimate of drug-likeness (QED) is 0.159. The average Bonchev–Trinajstić information content (AvgIpc) is 2.13. The Bertz CT molecular complexity index is 4650. The molecule has 0 fully saturated rings. The molecule has 0 bridgehead atoms. The molecule has 0 amide bonds. The second-order valence-corrected chi connectivity index (χ2v) is 23.5. The van der Waals surface area contributed by atoms with Crippen molar-refractivity contribution < 1.29 is 8.83 Å². The van der Waals surface area contributed by atoms with Crippen molar-refractivity contribution in [3.63, 3.8) is 0 Å². The van der Waals surface area contributed by atoms with E-state index in [1.807, 2.05) is 0 Å². The van der Waals surface area contributed by atoms with E-state index in [1.54, 1.807) is 0 Å². The lowest BCUT2D eigenvalue weighted by molar-refractivity contribution is 0.600. The largest absolute Gasteiger partial charge is 0.455 e. The summed E-state index contributed by atoms with van der Waals surface area (Å²) in [5.41, 5.74) is 27.0. The topological polar surface area (TPSA) is 32.8 Å². The summed E-state index contributed by atoms with van der Waals surface area (Å²) in [6.45, 7) is 14.6. The third-order valence-electron chi connectivity index (χ3n) is 18.2. The highest BCUT2D eigenvalue weighted by molar-refractivity contribution is 6.22. The van der Waals surface area contributed by atoms with E-state index in [0.717, 1.165) is 78.2 Å². The molecule has 0 radical (unpaired) electrons. The molecule has 16 rings (SSSR count). The van der Waals surface area contributed by atoms with Crippen LogP contribution in [0.1, 0.15) is 74.9 Å². The summed E-state index contributed by atoms with van der Waals surface area (Å²) in [5, 5.41) is 4.63. The van der Waals surface area contributed by atoms with Crippen LogP contribution in [0.5, 0.6) is 0 Å². The summed E-state index contributed by atoms with van der Waals surface area (Å²) < 4.78 is 14.1. The predicted molar refractivity (Wildman–Crippen MR) is 328 cm³/mol. The molecule has 2 aromatic heterocycles. The molecule has 2 heterocycles. The first-order chi connectivity index (χ1) is 38.5. The minimum Gasteiger partial charge on any atom is -0.455 e. The summed E-state index contributed by atoms with van der Waals surface area (Å²) in [6.07, 6.45) is 0. The average molecular weight is 1020 g/mol. The Morgan fingerprint density at radius 3 is 1.41 bits per heavy atom. The van der Waals surface area contributed by atoms with Crippen LogP contribution in [0.2, 0.25) is 0 Å². The van der Waals surface area contributed by atoms with Gasteiger partial charge in [0.15, 0.2) is 5.58 Å². The van der Waals surface area contributed by atoms with Gasteiger partial charge >= 0.3 is 0 Å². The zero-order valence-electron chi connectivity index (χ0n) is 45.2. The third kappa shape index (κ3) is 6.26. The number of fused-ring (bicyclic) bond motifs is 19. The van der Waals surface area contributed by atoms with Gasteiger partial charge in [-0.15, -0.1) is 0 Å². The van der Waals surface area contributed by atoms with Crippen LogP contribution in [0, 0.1) is 0 Å². The first-order valence-electron chi connectivity index (χ1n) is 27.8. The van der Waals surface area contributed by atoms with Gasteiger partial charge in [-0.25, -0.2) is 0 Å². The maximum absolute atomic E-state index is 7.06. The highest BCUT2D eigenvalue weighted by atomic mass is 16.3. The molecule has 0 unspecified atom stereocenters. The molecule has 378 valence electrons. The van der Waals surface area contributed by atoms with Crippen LogP contribution >= 0.6 is 0 Å². The minimum absolute atomic E-state index is 0.253. The highest BCUT2D eigenvalue weighted by Crippen LogP contribution is 2.64. The Morgan fingerprint density at radius 1 is 0.304 bits per heavy atom. The Morgan fingerprint density at radius 2 is 0.759 bits per heavy atom. The van der Waals surface area contributed by atoms with Crippen molar-refractivity contribution in [1.82, 2.24) is 0 Å². The maximum atomic E-state index is 7.06. The van der Waals surface area contributed by atoms with Crippen LogP contribution in [-0.2, 0) is 16.2 Å². The number of hydrogen-bond donors (Lipinski definition) is 0. The number of para-hydroxylation sites is 5. The van der Waals surface area contributed by atoms with Crippen LogP contribution in [0.25, 0.3) is 88.4 Å². The fourth-order valence-electron chi connectivity index (χ4n) is 14.6. The van der Waals surface area contributed by atoms with Crippen molar-refractivity contribution in [3.05, 3.63) is 264 Å². The minimum atomic E-state index is -0.406. The Hall–Kier alpha value is -9.38. The molecule has 3 aliphatic carbocycles. The lowest BCUT2D eigenvalue weighted by Gasteiger charge is -2.32. The summed E-state index contributed by atoms with van der Waals surface area (Å²) in [4.78, 5) is 4.88. The Kier molecular flexibility index (Phi) is 9.46. The van der Waals surface area contributed by atoms with Gasteiger partial charge in [-0.2, -0.15) is 0 Å². The van der Waals surface area contributed by atoms with Crippen molar-refractivity contribution in [1.29, 1.82) is 0 Å². The van der Waals surface area contributed by atoms with E-state index in [0.29, 0.717) is 0 Å². The molecular weight excluding hydrogens is 961 g/mol. The molecular formula is C75H56N2O2. The van der Waals surface area contributed by atoms with Crippen LogP contribution in [0.3, 0.4) is 0 Å². The zero-order valence-corrected chi connectivity index (χ0v) is 45.2. The molecule has 0 spiro atoms. The molecule has 4 nitrogen and oxygen atoms in total. The number of nitrogens with zero attached hydrogens (tertiary/aromatic N) is 2. The van der Waals surface area contributed by atoms with Crippen molar-refractivity contribution in [2.75, 3.05) is 9.80 Å². The molecule has 11 aromatic carbocycles. The summed E-state index contributed by atoms with van der Waals surface area (Å²) in [6, 6.07) is 84.3. The molecule has 4 heteroatoms. The second kappa shape index (κ2) is 16.3. The number of furan rings is 2. The van der Waals surface area contributed by atoms with Gasteiger partial charge in [-0.1, -0.05) is 199 Å². The van der Waals surface area contributed by atoms with Gasteiger partial charge in [-0.05, 0) is 140 Å². The van der Waals surface area contributed by atoms with Crippen LogP contribution < -0.4 is 9.80 Å². The number of benzene rings is 11. The third-order valence-corrected chi connectivity index (χ3v) is 18.2. The van der Waals surface area contributed by atoms with Crippen molar-refractivity contribution >= 4 is 78.0 Å². The van der Waals surface area contributed by atoms with Crippen molar-refractivity contribution in [2.24, 2.45) is 0 Å². The van der Waals surface area contributed by atoms with Gasteiger partial charge in [0, 0.05) is 71.7 Å². The van der Waals surface area contributed by atoms with Gasteiger partial charge in [0.1, 0.15) is 16.7 Å². The zero-order chi connectivity index (χ0) is 53.1. The van der Waals surface area contributed by atoms with Crippen LogP contribution in [0.4, 0.5) is 34.1 Å². The molecule has 13 aromatic rings. The standard InChI is InChI=1S/C75H56N2O2/c1-73(2)57-42-48(38-40-52(57)64-59(73)44-61(71-66(64)54-32-18-22-36-62(54)78-71)76(46-26-12-8-13-27-46)47-28-14-9-15-29-47)77(60-35-21-17-30-50(60)45-24-10-7-11-25-45)49-39-41-53-58(43-49)75(5,6)69-65(53)67-55-33-19-23-37-63(55)79-72(67)68-51-31-16-20-34-56(51)74(3,4)70(68)69/h7-44H,1-6H3. The number of rotatable bonds is 7. The lowest BCUT2D eigenvalue weighted by Crippen LogP contribution is -2.24. The number of hydrogen-bond acceptors (Lipinski definition) is 4. The molecule has 79 heavy (non-hydrogen) atoms. The molecule has 0 aliphatic heterocycles. The highest BCUT2D eigenvalue weighted by Gasteiger charge is 2.49. The normalized spacial score (nSPS) is 14.8. The fraction of sp³-hybridized carbons (Fsp3) is 0.120. The molecule has 0 saturated carbocycles. The SMILES string of the molecule is CC1(C)c2cc(N(c3ccc4c(c3)C(C)(C)c3c5c(c6oc7ccccc7c6c3-4)-c3ccccc3C5(C)C)c3ccccc3-c3ccccc3)ccc2-c2c1cc(N(c1ccccc1)c1ccccc1)c1oc3ccccc3c21. The van der Waals surface area contributed by atoms with Crippen LogP contribution in [-0.4, -0.2) is 0 Å². The van der Waals surface area contributed by atoms with Gasteiger partial charge in [-0.3, -0.25) is 0 Å². The van der Waals surface area contributed by atoms with Crippen molar-refractivity contribution in [3.8, 4) is 44.5 Å². The summed E-state index contributed by atoms with van der Waals surface area (Å²) in [5.74, 6) is 0. The van der Waals surface area contributed by atoms with E-state index >= 15 is 0 Å². The monoisotopic (exact) mass is 1020 g/mol. The first-order valence-corrected chi connectivity index (χ1v) is 27.8. The van der Waals surface area contributed by atoms with Gasteiger partial charge in [0.05, 0.1) is 11.4 Å². The second-order valence-electron chi connectivity index (χ2n) is 23.5. The van der Waals surface area contributed by atoms with E-state index in [4.69, 9.17) is 8.83 Å². The Labute approximate surface area is 460 Å². The Balaban J connectivity index is 0.929. The van der Waals surface area contributed by atoms with Crippen LogP contribution in [0.15, 0.2) is 239 Å². The first kappa shape index (κ1) is 45.8. The predicted octanol–water partition coefficient (Wildman–Crippen LogP) is 21.0. The van der Waals surface area contributed by atoms with Crippen molar-refractivity contribution in [2.45, 2.75) is 57.8 Å². The summed E-state index contributed by atoms with van der Waals surface area (Å²) >= 11 is 0. The number of anilines is 6. The molecule has 0 N–H and O–H groups in total. The van der Waals surface area contributed by atoms with E-state index in [9.17, 15) is 0 Å².